The second-order valence-electron chi connectivity index (χ2n) is 8.49. The van der Waals surface area contributed by atoms with E-state index >= 15 is 0 Å². The minimum atomic E-state index is 0.153. The maximum Gasteiger partial charge on any atom is 0.226 e. The van der Waals surface area contributed by atoms with Crippen LogP contribution in [0.5, 0.6) is 0 Å². The zero-order valence-electron chi connectivity index (χ0n) is 17.7. The number of rotatable bonds is 5. The first-order chi connectivity index (χ1) is 12.9. The SMILES string of the molecule is Cc1nn(C)c(C)c1CN(C(=O)C1CCN(C2CCOCC2)CC1)C(C)C. The summed E-state index contributed by atoms with van der Waals surface area (Å²) in [5.41, 5.74) is 3.38. The highest BCUT2D eigenvalue weighted by Gasteiger charge is 2.33. The predicted octanol–water partition coefficient (Wildman–Crippen LogP) is 2.66. The van der Waals surface area contributed by atoms with Gasteiger partial charge in [-0.15, -0.1) is 0 Å². The molecule has 0 saturated carbocycles. The van der Waals surface area contributed by atoms with E-state index in [0.29, 0.717) is 18.5 Å². The van der Waals surface area contributed by atoms with Crippen molar-refractivity contribution in [3.63, 3.8) is 0 Å². The van der Waals surface area contributed by atoms with Crippen LogP contribution in [0.2, 0.25) is 0 Å². The Balaban J connectivity index is 1.62. The first kappa shape index (κ1) is 20.3. The van der Waals surface area contributed by atoms with Crippen LogP contribution in [-0.2, 0) is 23.1 Å². The van der Waals surface area contributed by atoms with Crippen molar-refractivity contribution in [2.45, 2.75) is 72.0 Å². The molecular weight excluding hydrogens is 340 g/mol. The molecule has 1 amide bonds. The van der Waals surface area contributed by atoms with Crippen LogP contribution in [0.3, 0.4) is 0 Å². The normalized spacial score (nSPS) is 20.4. The molecule has 1 aromatic heterocycles. The van der Waals surface area contributed by atoms with E-state index in [1.807, 2.05) is 18.7 Å². The maximum absolute atomic E-state index is 13.3. The minimum Gasteiger partial charge on any atom is -0.381 e. The number of piperidine rings is 1. The standard InChI is InChI=1S/C21H36N4O2/c1-15(2)25(14-20-16(3)22-23(5)17(20)4)21(26)18-6-10-24(11-7-18)19-8-12-27-13-9-19/h15,18-19H,6-14H2,1-5H3. The van der Waals surface area contributed by atoms with E-state index in [1.54, 1.807) is 0 Å². The topological polar surface area (TPSA) is 50.6 Å². The molecular formula is C21H36N4O2. The highest BCUT2D eigenvalue weighted by molar-refractivity contribution is 5.79. The Hall–Kier alpha value is -1.40. The molecule has 0 aromatic carbocycles. The van der Waals surface area contributed by atoms with Gasteiger partial charge in [0, 0.05) is 56.1 Å². The average Bonchev–Trinajstić information content (AvgIpc) is 2.91. The Bertz CT molecular complexity index is 641. The molecule has 6 nitrogen and oxygen atoms in total. The third-order valence-corrected chi connectivity index (χ3v) is 6.48. The summed E-state index contributed by atoms with van der Waals surface area (Å²) in [6.07, 6.45) is 4.22. The van der Waals surface area contributed by atoms with Gasteiger partial charge in [-0.3, -0.25) is 9.48 Å². The highest BCUT2D eigenvalue weighted by atomic mass is 16.5. The summed E-state index contributed by atoms with van der Waals surface area (Å²) in [4.78, 5) is 18.0. The lowest BCUT2D eigenvalue weighted by atomic mass is 9.92. The molecule has 0 atom stereocenters. The molecule has 1 aromatic rings. The van der Waals surface area contributed by atoms with Crippen molar-refractivity contribution in [1.29, 1.82) is 0 Å². The molecule has 2 aliphatic heterocycles. The van der Waals surface area contributed by atoms with Gasteiger partial charge < -0.3 is 14.5 Å². The molecule has 0 radical (unpaired) electrons. The van der Waals surface area contributed by atoms with E-state index in [1.165, 1.54) is 5.56 Å². The van der Waals surface area contributed by atoms with Gasteiger partial charge in [-0.25, -0.2) is 0 Å². The zero-order chi connectivity index (χ0) is 19.6. The fraction of sp³-hybridized carbons (Fsp3) is 0.810. The maximum atomic E-state index is 13.3. The summed E-state index contributed by atoms with van der Waals surface area (Å²) in [6.45, 7) is 12.9. The Labute approximate surface area is 163 Å². The van der Waals surface area contributed by atoms with Gasteiger partial charge in [-0.2, -0.15) is 5.10 Å². The molecule has 0 aliphatic carbocycles. The van der Waals surface area contributed by atoms with E-state index in [0.717, 1.165) is 63.4 Å². The van der Waals surface area contributed by atoms with E-state index in [-0.39, 0.29) is 12.0 Å². The summed E-state index contributed by atoms with van der Waals surface area (Å²) in [6, 6.07) is 0.849. The summed E-state index contributed by atoms with van der Waals surface area (Å²) < 4.78 is 7.41. The van der Waals surface area contributed by atoms with Crippen LogP contribution in [0, 0.1) is 19.8 Å². The number of amides is 1. The fourth-order valence-corrected chi connectivity index (χ4v) is 4.53. The molecule has 0 unspecified atom stereocenters. The first-order valence-corrected chi connectivity index (χ1v) is 10.5. The van der Waals surface area contributed by atoms with Crippen molar-refractivity contribution in [3.8, 4) is 0 Å². The van der Waals surface area contributed by atoms with E-state index in [2.05, 4.69) is 35.7 Å². The summed E-state index contributed by atoms with van der Waals surface area (Å²) in [5, 5.41) is 4.52. The number of aryl methyl sites for hydroxylation is 2. The van der Waals surface area contributed by atoms with Gasteiger partial charge in [0.25, 0.3) is 0 Å². The van der Waals surface area contributed by atoms with E-state index in [9.17, 15) is 4.79 Å². The number of hydrogen-bond acceptors (Lipinski definition) is 4. The molecule has 0 spiro atoms. The Morgan fingerprint density at radius 1 is 1.19 bits per heavy atom. The molecule has 27 heavy (non-hydrogen) atoms. The van der Waals surface area contributed by atoms with Crippen LogP contribution in [0.25, 0.3) is 0 Å². The van der Waals surface area contributed by atoms with Gasteiger partial charge in [0.1, 0.15) is 0 Å². The Kier molecular flexibility index (Phi) is 6.58. The molecule has 6 heteroatoms. The van der Waals surface area contributed by atoms with Crippen molar-refractivity contribution in [1.82, 2.24) is 19.6 Å². The van der Waals surface area contributed by atoms with Crippen molar-refractivity contribution in [2.75, 3.05) is 26.3 Å². The number of carbonyl (C=O) groups is 1. The monoisotopic (exact) mass is 376 g/mol. The minimum absolute atomic E-state index is 0.153. The molecule has 2 fully saturated rings. The third kappa shape index (κ3) is 4.54. The number of carbonyl (C=O) groups excluding carboxylic acids is 1. The summed E-state index contributed by atoms with van der Waals surface area (Å²) in [7, 11) is 1.97. The highest BCUT2D eigenvalue weighted by Crippen LogP contribution is 2.26. The van der Waals surface area contributed by atoms with Gasteiger partial charge in [0.2, 0.25) is 5.91 Å². The number of aromatic nitrogens is 2. The number of hydrogen-bond donors (Lipinski definition) is 0. The molecule has 0 N–H and O–H groups in total. The van der Waals surface area contributed by atoms with Gasteiger partial charge in [-0.1, -0.05) is 0 Å². The van der Waals surface area contributed by atoms with Crippen LogP contribution in [-0.4, -0.2) is 63.9 Å². The van der Waals surface area contributed by atoms with E-state index < -0.39 is 0 Å². The fourth-order valence-electron chi connectivity index (χ4n) is 4.53. The van der Waals surface area contributed by atoms with Crippen LogP contribution in [0.15, 0.2) is 0 Å². The van der Waals surface area contributed by atoms with Crippen molar-refractivity contribution in [2.24, 2.45) is 13.0 Å². The molecule has 0 bridgehead atoms. The summed E-state index contributed by atoms with van der Waals surface area (Å²) >= 11 is 0. The van der Waals surface area contributed by atoms with Crippen molar-refractivity contribution >= 4 is 5.91 Å². The second kappa shape index (κ2) is 8.74. The Morgan fingerprint density at radius 3 is 2.33 bits per heavy atom. The Morgan fingerprint density at radius 2 is 1.81 bits per heavy atom. The van der Waals surface area contributed by atoms with Crippen LogP contribution >= 0.6 is 0 Å². The average molecular weight is 377 g/mol. The lowest BCUT2D eigenvalue weighted by Gasteiger charge is -2.40. The van der Waals surface area contributed by atoms with Gasteiger partial charge in [0.05, 0.1) is 5.69 Å². The van der Waals surface area contributed by atoms with E-state index in [4.69, 9.17) is 4.74 Å². The van der Waals surface area contributed by atoms with Crippen molar-refractivity contribution in [3.05, 3.63) is 17.0 Å². The molecule has 2 saturated heterocycles. The molecule has 3 rings (SSSR count). The smallest absolute Gasteiger partial charge is 0.226 e. The van der Waals surface area contributed by atoms with Crippen LogP contribution < -0.4 is 0 Å². The van der Waals surface area contributed by atoms with Gasteiger partial charge in [0.15, 0.2) is 0 Å². The zero-order valence-corrected chi connectivity index (χ0v) is 17.7. The second-order valence-corrected chi connectivity index (χ2v) is 8.49. The number of nitrogens with zero attached hydrogens (tertiary/aromatic N) is 4. The predicted molar refractivity (Wildman–Crippen MR) is 107 cm³/mol. The number of likely N-dealkylation sites (tertiary alicyclic amines) is 1. The first-order valence-electron chi connectivity index (χ1n) is 10.5. The largest absolute Gasteiger partial charge is 0.381 e. The molecule has 3 heterocycles. The van der Waals surface area contributed by atoms with Crippen LogP contribution in [0.1, 0.15) is 56.5 Å². The lowest BCUT2D eigenvalue weighted by molar-refractivity contribution is -0.140. The van der Waals surface area contributed by atoms with Gasteiger partial charge in [-0.05, 0) is 66.5 Å². The lowest BCUT2D eigenvalue weighted by Crippen LogP contribution is -2.48. The quantitative estimate of drug-likeness (QED) is 0.793. The van der Waals surface area contributed by atoms with Crippen LogP contribution in [0.4, 0.5) is 0 Å². The molecule has 2 aliphatic rings. The number of ether oxygens (including phenoxy) is 1. The van der Waals surface area contributed by atoms with Gasteiger partial charge >= 0.3 is 0 Å². The van der Waals surface area contributed by atoms with Crippen molar-refractivity contribution < 1.29 is 9.53 Å². The summed E-state index contributed by atoms with van der Waals surface area (Å²) in [5.74, 6) is 0.472. The third-order valence-electron chi connectivity index (χ3n) is 6.48. The molecule has 152 valence electrons.